The van der Waals surface area contributed by atoms with Crippen molar-refractivity contribution in [3.05, 3.63) is 114 Å². The van der Waals surface area contributed by atoms with Gasteiger partial charge >= 0.3 is 18.2 Å². The fourth-order valence-electron chi connectivity index (χ4n) is 6.39. The number of piperidine rings is 1. The van der Waals surface area contributed by atoms with Gasteiger partial charge in [0.05, 0.1) is 5.52 Å². The highest BCUT2D eigenvalue weighted by Gasteiger charge is 2.47. The third-order valence-corrected chi connectivity index (χ3v) is 8.58. The maximum absolute atomic E-state index is 14.4. The number of aromatic nitrogens is 1. The number of nitrogens with one attached hydrogen (secondary N) is 1. The summed E-state index contributed by atoms with van der Waals surface area (Å²) in [5.74, 6) is -2.30. The summed E-state index contributed by atoms with van der Waals surface area (Å²) in [4.78, 5) is 47.3. The first-order valence-corrected chi connectivity index (χ1v) is 16.4. The first-order chi connectivity index (χ1) is 23.3. The highest BCUT2D eigenvalue weighted by atomic mass is 19.4. The van der Waals surface area contributed by atoms with Crippen molar-refractivity contribution >= 4 is 28.8 Å². The Morgan fingerprint density at radius 3 is 2.20 bits per heavy atom. The van der Waals surface area contributed by atoms with Crippen LogP contribution >= 0.6 is 0 Å². The number of carbonyl (C=O) groups is 3. The Bertz CT molecular complexity index is 1740. The summed E-state index contributed by atoms with van der Waals surface area (Å²) in [6, 6.07) is 25.0. The molecule has 2 heterocycles. The van der Waals surface area contributed by atoms with Crippen LogP contribution in [0.5, 0.6) is 0 Å². The SMILES string of the molecule is CC(C)(C)OC(=O)N[C@H](Cc1ccccc1)C(=O)N1CC[C@H](N(Cc2ccnc3ccccc23)C(=O)C(F)(F)F)C[C@H]1Cc1ccccc1. The second-order valence-corrected chi connectivity index (χ2v) is 13.4. The summed E-state index contributed by atoms with van der Waals surface area (Å²) in [5, 5.41) is 3.42. The number of alkyl carbamates (subject to hydrolysis) is 1. The zero-order chi connectivity index (χ0) is 35.2. The quantitative estimate of drug-likeness (QED) is 0.210. The average Bonchev–Trinajstić information content (AvgIpc) is 3.06. The zero-order valence-electron chi connectivity index (χ0n) is 27.8. The number of carbonyl (C=O) groups excluding carboxylic acids is 3. The molecule has 1 aliphatic rings. The number of pyridine rings is 1. The minimum Gasteiger partial charge on any atom is -0.444 e. The molecule has 4 aromatic rings. The maximum Gasteiger partial charge on any atom is 0.471 e. The number of hydrogen-bond donors (Lipinski definition) is 1. The van der Waals surface area contributed by atoms with Crippen LogP contribution in [0.1, 0.15) is 50.3 Å². The number of rotatable bonds is 9. The molecule has 1 aromatic heterocycles. The van der Waals surface area contributed by atoms with E-state index < -0.39 is 41.9 Å². The molecule has 3 aromatic carbocycles. The van der Waals surface area contributed by atoms with E-state index in [-0.39, 0.29) is 38.3 Å². The van der Waals surface area contributed by atoms with E-state index in [1.165, 1.54) is 6.20 Å². The molecule has 49 heavy (non-hydrogen) atoms. The second-order valence-electron chi connectivity index (χ2n) is 13.4. The van der Waals surface area contributed by atoms with E-state index in [1.807, 2.05) is 60.7 Å². The lowest BCUT2D eigenvalue weighted by atomic mass is 9.89. The maximum atomic E-state index is 14.4. The lowest BCUT2D eigenvalue weighted by molar-refractivity contribution is -0.190. The molecule has 5 rings (SSSR count). The van der Waals surface area contributed by atoms with Gasteiger partial charge in [0.1, 0.15) is 11.6 Å². The highest BCUT2D eigenvalue weighted by Crippen LogP contribution is 2.31. The monoisotopic (exact) mass is 674 g/mol. The van der Waals surface area contributed by atoms with E-state index in [0.29, 0.717) is 22.9 Å². The fourth-order valence-corrected chi connectivity index (χ4v) is 6.39. The minimum absolute atomic E-state index is 0.0843. The summed E-state index contributed by atoms with van der Waals surface area (Å²) in [5.41, 5.74) is 2.07. The lowest BCUT2D eigenvalue weighted by Crippen LogP contribution is -2.59. The molecule has 0 bridgehead atoms. The number of benzene rings is 3. The van der Waals surface area contributed by atoms with Gasteiger partial charge in [-0.25, -0.2) is 4.79 Å². The van der Waals surface area contributed by atoms with Crippen LogP contribution < -0.4 is 5.32 Å². The number of para-hydroxylation sites is 1. The molecular weight excluding hydrogens is 633 g/mol. The van der Waals surface area contributed by atoms with Crippen molar-refractivity contribution in [3.8, 4) is 0 Å². The smallest absolute Gasteiger partial charge is 0.444 e. The Morgan fingerprint density at radius 2 is 1.55 bits per heavy atom. The summed E-state index contributed by atoms with van der Waals surface area (Å²) >= 11 is 0. The highest BCUT2D eigenvalue weighted by molar-refractivity contribution is 5.87. The van der Waals surface area contributed by atoms with Gasteiger partial charge in [0, 0.05) is 43.2 Å². The van der Waals surface area contributed by atoms with Crippen LogP contribution in [0, 0.1) is 0 Å². The Labute approximate surface area is 284 Å². The number of ether oxygens (including phenoxy) is 1. The van der Waals surface area contributed by atoms with Crippen LogP contribution in [-0.2, 0) is 33.7 Å². The summed E-state index contributed by atoms with van der Waals surface area (Å²) < 4.78 is 47.9. The first-order valence-electron chi connectivity index (χ1n) is 16.4. The fraction of sp³-hybridized carbons (Fsp3) is 0.368. The molecule has 8 nitrogen and oxygen atoms in total. The number of likely N-dealkylation sites (tertiary alicyclic amines) is 1. The van der Waals surface area contributed by atoms with Crippen molar-refractivity contribution in [2.45, 2.75) is 82.9 Å². The van der Waals surface area contributed by atoms with Crippen LogP contribution in [0.3, 0.4) is 0 Å². The molecule has 0 radical (unpaired) electrons. The summed E-state index contributed by atoms with van der Waals surface area (Å²) in [7, 11) is 0. The van der Waals surface area contributed by atoms with Gasteiger partial charge in [-0.15, -0.1) is 0 Å². The molecule has 3 atom stereocenters. The molecule has 1 saturated heterocycles. The first kappa shape index (κ1) is 35.4. The van der Waals surface area contributed by atoms with Crippen molar-refractivity contribution < 1.29 is 32.3 Å². The molecule has 0 saturated carbocycles. The van der Waals surface area contributed by atoms with Crippen molar-refractivity contribution in [2.24, 2.45) is 0 Å². The van der Waals surface area contributed by atoms with Crippen molar-refractivity contribution in [1.82, 2.24) is 20.1 Å². The molecule has 0 unspecified atom stereocenters. The van der Waals surface area contributed by atoms with Crippen molar-refractivity contribution in [3.63, 3.8) is 0 Å². The van der Waals surface area contributed by atoms with E-state index in [1.54, 1.807) is 56.0 Å². The van der Waals surface area contributed by atoms with Crippen LogP contribution in [0.4, 0.5) is 18.0 Å². The Morgan fingerprint density at radius 1 is 0.918 bits per heavy atom. The number of fused-ring (bicyclic) bond motifs is 1. The lowest BCUT2D eigenvalue weighted by Gasteiger charge is -2.45. The van der Waals surface area contributed by atoms with Gasteiger partial charge in [0.15, 0.2) is 0 Å². The second kappa shape index (κ2) is 15.1. The van der Waals surface area contributed by atoms with E-state index >= 15 is 0 Å². The largest absolute Gasteiger partial charge is 0.471 e. The number of alkyl halides is 3. The number of halogens is 3. The van der Waals surface area contributed by atoms with Gasteiger partial charge in [-0.1, -0.05) is 78.9 Å². The Balaban J connectivity index is 1.47. The third kappa shape index (κ3) is 9.37. The molecule has 0 aliphatic carbocycles. The van der Waals surface area contributed by atoms with E-state index in [2.05, 4.69) is 10.3 Å². The van der Waals surface area contributed by atoms with Gasteiger partial charge in [0.25, 0.3) is 0 Å². The van der Waals surface area contributed by atoms with Crippen molar-refractivity contribution in [2.75, 3.05) is 6.54 Å². The van der Waals surface area contributed by atoms with Gasteiger partial charge in [-0.2, -0.15) is 13.2 Å². The number of nitrogens with zero attached hydrogens (tertiary/aromatic N) is 3. The van der Waals surface area contributed by atoms with E-state index in [9.17, 15) is 27.6 Å². The van der Waals surface area contributed by atoms with Crippen LogP contribution in [0.15, 0.2) is 97.2 Å². The van der Waals surface area contributed by atoms with Gasteiger partial charge < -0.3 is 19.9 Å². The van der Waals surface area contributed by atoms with Crippen molar-refractivity contribution in [1.29, 1.82) is 0 Å². The van der Waals surface area contributed by atoms with Crippen LogP contribution in [0.2, 0.25) is 0 Å². The van der Waals surface area contributed by atoms with Gasteiger partial charge in [0.2, 0.25) is 5.91 Å². The standard InChI is InChI=1S/C38H41F3N4O4/c1-37(2,3)49-36(48)43-33(23-27-14-8-5-9-15-27)34(46)44-21-19-29(24-30(44)22-26-12-6-4-7-13-26)45(35(47)38(39,40)41)25-28-18-20-42-32-17-11-10-16-31(28)32/h4-18,20,29-30,33H,19,21-25H2,1-3H3,(H,43,48)/t29-,30+,33+/m0/s1. The van der Waals surface area contributed by atoms with Crippen LogP contribution in [-0.4, -0.2) is 69.1 Å². The van der Waals surface area contributed by atoms with E-state index in [0.717, 1.165) is 16.0 Å². The predicted octanol–water partition coefficient (Wildman–Crippen LogP) is 6.86. The number of hydrogen-bond acceptors (Lipinski definition) is 5. The molecule has 1 N–H and O–H groups in total. The molecule has 1 aliphatic heterocycles. The molecule has 0 spiro atoms. The Kier molecular flexibility index (Phi) is 10.9. The zero-order valence-corrected chi connectivity index (χ0v) is 27.8. The molecule has 3 amide bonds. The molecule has 1 fully saturated rings. The van der Waals surface area contributed by atoms with Gasteiger partial charge in [-0.05, 0) is 68.9 Å². The third-order valence-electron chi connectivity index (χ3n) is 8.58. The topological polar surface area (TPSA) is 91.8 Å². The molecular formula is C38H41F3N4O4. The average molecular weight is 675 g/mol. The van der Waals surface area contributed by atoms with Crippen LogP contribution in [0.25, 0.3) is 10.9 Å². The normalized spacial score (nSPS) is 17.3. The summed E-state index contributed by atoms with van der Waals surface area (Å²) in [6.45, 7) is 4.99. The van der Waals surface area contributed by atoms with E-state index in [4.69, 9.17) is 4.74 Å². The Hall–Kier alpha value is -4.93. The van der Waals surface area contributed by atoms with Gasteiger partial charge in [-0.3, -0.25) is 14.6 Å². The number of amides is 3. The predicted molar refractivity (Wildman–Crippen MR) is 180 cm³/mol. The summed E-state index contributed by atoms with van der Waals surface area (Å²) in [6.07, 6.45) is -3.56. The minimum atomic E-state index is -5.09. The molecule has 258 valence electrons. The molecule has 11 heteroatoms.